The normalized spacial score (nSPS) is 14.5. The molecule has 0 saturated heterocycles. The molecule has 1 fully saturated rings. The van der Waals surface area contributed by atoms with Crippen molar-refractivity contribution in [2.75, 3.05) is 10.8 Å². The summed E-state index contributed by atoms with van der Waals surface area (Å²) >= 11 is 0. The summed E-state index contributed by atoms with van der Waals surface area (Å²) in [5.74, 6) is -0.826. The van der Waals surface area contributed by atoms with Gasteiger partial charge in [-0.15, -0.1) is 0 Å². The Labute approximate surface area is 252 Å². The number of hydrogen-bond donors (Lipinski definition) is 1. The number of benzene rings is 3. The second-order valence-electron chi connectivity index (χ2n) is 10.9. The first kappa shape index (κ1) is 31.7. The predicted octanol–water partition coefficient (Wildman–Crippen LogP) is 5.35. The van der Waals surface area contributed by atoms with Gasteiger partial charge in [0.1, 0.15) is 12.6 Å². The molecule has 0 aliphatic heterocycles. The molecule has 43 heavy (non-hydrogen) atoms. The molecule has 0 aromatic heterocycles. The summed E-state index contributed by atoms with van der Waals surface area (Å²) in [6, 6.07) is 19.5. The molecule has 4 rings (SSSR count). The van der Waals surface area contributed by atoms with Crippen LogP contribution in [0.5, 0.6) is 0 Å². The lowest BCUT2D eigenvalue weighted by atomic mass is 9.95. The maximum atomic E-state index is 14.2. The molecular formula is C32H38N4O6S. The highest BCUT2D eigenvalue weighted by molar-refractivity contribution is 7.92. The summed E-state index contributed by atoms with van der Waals surface area (Å²) in [7, 11) is -4.26. The first-order valence-electron chi connectivity index (χ1n) is 14.6. The zero-order valence-corrected chi connectivity index (χ0v) is 25.3. The van der Waals surface area contributed by atoms with Crippen LogP contribution in [0.25, 0.3) is 0 Å². The van der Waals surface area contributed by atoms with Gasteiger partial charge >= 0.3 is 0 Å². The summed E-state index contributed by atoms with van der Waals surface area (Å²) < 4.78 is 28.7. The van der Waals surface area contributed by atoms with Crippen molar-refractivity contribution in [1.82, 2.24) is 10.2 Å². The minimum Gasteiger partial charge on any atom is -0.352 e. The lowest BCUT2D eigenvalue weighted by Gasteiger charge is -2.34. The molecular weight excluding hydrogens is 568 g/mol. The summed E-state index contributed by atoms with van der Waals surface area (Å²) in [6.45, 7) is 3.27. The average Bonchev–Trinajstić information content (AvgIpc) is 3.00. The molecule has 228 valence electrons. The quantitative estimate of drug-likeness (QED) is 0.218. The molecule has 1 aliphatic carbocycles. The van der Waals surface area contributed by atoms with Crippen LogP contribution in [0.15, 0.2) is 83.8 Å². The van der Waals surface area contributed by atoms with E-state index in [-0.39, 0.29) is 34.8 Å². The molecule has 0 spiro atoms. The lowest BCUT2D eigenvalue weighted by Crippen LogP contribution is -2.54. The van der Waals surface area contributed by atoms with Crippen molar-refractivity contribution in [3.05, 3.63) is 100 Å². The van der Waals surface area contributed by atoms with Crippen LogP contribution in [0.2, 0.25) is 0 Å². The number of nitro groups is 1. The van der Waals surface area contributed by atoms with Crippen molar-refractivity contribution < 1.29 is 22.9 Å². The Hall–Kier alpha value is -4.25. The fourth-order valence-corrected chi connectivity index (χ4v) is 6.90. The van der Waals surface area contributed by atoms with Crippen LogP contribution in [0.3, 0.4) is 0 Å². The highest BCUT2D eigenvalue weighted by Crippen LogP contribution is 2.27. The zero-order chi connectivity index (χ0) is 31.0. The molecule has 1 atom stereocenters. The number of nitro benzene ring substituents is 1. The third kappa shape index (κ3) is 7.98. The van der Waals surface area contributed by atoms with Gasteiger partial charge in [-0.2, -0.15) is 0 Å². The number of anilines is 1. The number of non-ortho nitro benzene ring substituents is 1. The van der Waals surface area contributed by atoms with E-state index in [1.54, 1.807) is 18.2 Å². The fraction of sp³-hybridized carbons (Fsp3) is 0.375. The van der Waals surface area contributed by atoms with Gasteiger partial charge in [-0.25, -0.2) is 8.42 Å². The molecule has 0 radical (unpaired) electrons. The molecule has 0 heterocycles. The topological polar surface area (TPSA) is 130 Å². The van der Waals surface area contributed by atoms with Gasteiger partial charge in [-0.1, -0.05) is 74.2 Å². The third-order valence-corrected chi connectivity index (χ3v) is 9.52. The van der Waals surface area contributed by atoms with Crippen molar-refractivity contribution in [3.63, 3.8) is 0 Å². The monoisotopic (exact) mass is 606 g/mol. The molecule has 2 amide bonds. The van der Waals surface area contributed by atoms with E-state index >= 15 is 0 Å². The fourth-order valence-electron chi connectivity index (χ4n) is 5.46. The van der Waals surface area contributed by atoms with Gasteiger partial charge < -0.3 is 10.2 Å². The summed E-state index contributed by atoms with van der Waals surface area (Å²) in [5.41, 5.74) is 1.69. The van der Waals surface area contributed by atoms with E-state index in [1.165, 1.54) is 41.3 Å². The summed E-state index contributed by atoms with van der Waals surface area (Å²) in [6.07, 6.45) is 5.31. The van der Waals surface area contributed by atoms with Gasteiger partial charge in [0.05, 0.1) is 15.5 Å². The van der Waals surface area contributed by atoms with E-state index in [1.807, 2.05) is 38.1 Å². The summed E-state index contributed by atoms with van der Waals surface area (Å²) in [4.78, 5) is 39.9. The van der Waals surface area contributed by atoms with Gasteiger partial charge in [0.25, 0.3) is 15.7 Å². The van der Waals surface area contributed by atoms with Gasteiger partial charge in [0.15, 0.2) is 0 Å². The predicted molar refractivity (Wildman–Crippen MR) is 165 cm³/mol. The number of nitrogens with one attached hydrogen (secondary N) is 1. The van der Waals surface area contributed by atoms with Crippen LogP contribution in [0, 0.1) is 17.0 Å². The van der Waals surface area contributed by atoms with Crippen LogP contribution < -0.4 is 9.62 Å². The highest BCUT2D eigenvalue weighted by Gasteiger charge is 2.34. The Morgan fingerprint density at radius 1 is 0.977 bits per heavy atom. The Morgan fingerprint density at radius 2 is 1.65 bits per heavy atom. The smallest absolute Gasteiger partial charge is 0.269 e. The van der Waals surface area contributed by atoms with E-state index in [2.05, 4.69) is 5.32 Å². The zero-order valence-electron chi connectivity index (χ0n) is 24.5. The van der Waals surface area contributed by atoms with Gasteiger partial charge in [0.2, 0.25) is 11.8 Å². The third-order valence-electron chi connectivity index (χ3n) is 7.73. The van der Waals surface area contributed by atoms with Crippen molar-refractivity contribution in [1.29, 1.82) is 0 Å². The van der Waals surface area contributed by atoms with E-state index in [9.17, 15) is 28.1 Å². The second-order valence-corrected chi connectivity index (χ2v) is 12.7. The van der Waals surface area contributed by atoms with E-state index < -0.39 is 33.4 Å². The minimum atomic E-state index is -4.26. The molecule has 11 heteroatoms. The van der Waals surface area contributed by atoms with Crippen LogP contribution in [-0.2, 0) is 26.2 Å². The van der Waals surface area contributed by atoms with Crippen LogP contribution >= 0.6 is 0 Å². The number of sulfonamides is 1. The number of amides is 2. The van der Waals surface area contributed by atoms with E-state index in [4.69, 9.17) is 0 Å². The number of rotatable bonds is 12. The molecule has 1 saturated carbocycles. The Balaban J connectivity index is 1.71. The first-order chi connectivity index (χ1) is 20.6. The van der Waals surface area contributed by atoms with Gasteiger partial charge in [0, 0.05) is 24.7 Å². The molecule has 1 N–H and O–H groups in total. The largest absolute Gasteiger partial charge is 0.352 e. The SMILES string of the molecule is CC[C@@H](C(=O)NC1CCCCC1)N(Cc1cccc(C)c1)C(=O)CN(c1ccc([N+](=O)[O-])cc1)S(=O)(=O)c1ccccc1. The maximum Gasteiger partial charge on any atom is 0.269 e. The second kappa shape index (κ2) is 14.3. The first-order valence-corrected chi connectivity index (χ1v) is 16.0. The Morgan fingerprint density at radius 3 is 2.26 bits per heavy atom. The number of hydrogen-bond acceptors (Lipinski definition) is 6. The maximum absolute atomic E-state index is 14.2. The molecule has 0 unspecified atom stereocenters. The van der Waals surface area contributed by atoms with Crippen molar-refractivity contribution in [3.8, 4) is 0 Å². The van der Waals surface area contributed by atoms with Crippen LogP contribution in [0.4, 0.5) is 11.4 Å². The number of aryl methyl sites for hydroxylation is 1. The molecule has 10 nitrogen and oxygen atoms in total. The molecule has 3 aromatic carbocycles. The number of carbonyl (C=O) groups is 2. The van der Waals surface area contributed by atoms with E-state index in [0.717, 1.165) is 47.5 Å². The van der Waals surface area contributed by atoms with Gasteiger partial charge in [-0.05, 0) is 56.0 Å². The number of carbonyl (C=O) groups excluding carboxylic acids is 2. The highest BCUT2D eigenvalue weighted by atomic mass is 32.2. The number of nitrogens with zero attached hydrogens (tertiary/aromatic N) is 3. The minimum absolute atomic E-state index is 0.0338. The van der Waals surface area contributed by atoms with Crippen LogP contribution in [-0.4, -0.2) is 48.7 Å². The molecule has 1 aliphatic rings. The van der Waals surface area contributed by atoms with E-state index in [0.29, 0.717) is 6.42 Å². The Bertz CT molecular complexity index is 1520. The molecule has 0 bridgehead atoms. The average molecular weight is 607 g/mol. The van der Waals surface area contributed by atoms with Crippen LogP contribution in [0.1, 0.15) is 56.6 Å². The summed E-state index contributed by atoms with van der Waals surface area (Å²) in [5, 5.41) is 14.4. The standard InChI is InChI=1S/C32H38N4O6S/c1-3-30(32(38)33-26-13-6-4-7-14-26)34(22-25-12-10-11-24(2)21-25)31(37)23-35(27-17-19-28(20-18-27)36(39)40)43(41,42)29-15-8-5-9-16-29/h5,8-12,15-21,26,30H,3-4,6-7,13-14,22-23H2,1-2H3,(H,33,38)/t30-/m0/s1. The Kier molecular flexibility index (Phi) is 10.5. The van der Waals surface area contributed by atoms with Crippen molar-refractivity contribution >= 4 is 33.2 Å². The van der Waals surface area contributed by atoms with Gasteiger partial charge in [-0.3, -0.25) is 24.0 Å². The molecule has 3 aromatic rings. The van der Waals surface area contributed by atoms with Crippen molar-refractivity contribution in [2.24, 2.45) is 0 Å². The lowest BCUT2D eigenvalue weighted by molar-refractivity contribution is -0.384. The van der Waals surface area contributed by atoms with Crippen molar-refractivity contribution in [2.45, 2.75) is 75.9 Å².